The third-order valence-corrected chi connectivity index (χ3v) is 3.30. The average molecular weight is 219 g/mol. The average Bonchev–Trinajstić information content (AvgIpc) is 2.64. The van der Waals surface area contributed by atoms with E-state index in [1.54, 1.807) is 17.5 Å². The molecule has 0 saturated heterocycles. The highest BCUT2D eigenvalue weighted by atomic mass is 32.1. The summed E-state index contributed by atoms with van der Waals surface area (Å²) in [7, 11) is 0. The van der Waals surface area contributed by atoms with Crippen LogP contribution in [0.25, 0.3) is 0 Å². The van der Waals surface area contributed by atoms with Crippen LogP contribution in [0.3, 0.4) is 0 Å². The largest absolute Gasteiger partial charge is 0.381 e. The molecule has 0 aliphatic heterocycles. The molecule has 0 radical (unpaired) electrons. The van der Waals surface area contributed by atoms with Crippen molar-refractivity contribution in [1.29, 1.82) is 0 Å². The van der Waals surface area contributed by atoms with E-state index in [1.807, 2.05) is 38.1 Å². The van der Waals surface area contributed by atoms with Crippen LogP contribution < -0.4 is 0 Å². The Morgan fingerprint density at radius 1 is 1.27 bits per heavy atom. The summed E-state index contributed by atoms with van der Waals surface area (Å²) in [5.41, 5.74) is 1.84. The van der Waals surface area contributed by atoms with Crippen molar-refractivity contribution in [1.82, 2.24) is 4.98 Å². The van der Waals surface area contributed by atoms with Crippen LogP contribution in [-0.2, 0) is 0 Å². The maximum absolute atomic E-state index is 10.1. The zero-order valence-corrected chi connectivity index (χ0v) is 9.58. The Labute approximate surface area is 93.2 Å². The van der Waals surface area contributed by atoms with Crippen LogP contribution >= 0.6 is 11.3 Å². The quantitative estimate of drug-likeness (QED) is 0.842. The van der Waals surface area contributed by atoms with Gasteiger partial charge in [-0.25, -0.2) is 0 Å². The lowest BCUT2D eigenvalue weighted by molar-refractivity contribution is 0.219. The molecule has 2 rings (SSSR count). The van der Waals surface area contributed by atoms with E-state index in [1.165, 1.54) is 4.88 Å². The Bertz CT molecular complexity index is 464. The Morgan fingerprint density at radius 3 is 2.67 bits per heavy atom. The number of rotatable bonds is 2. The SMILES string of the molecule is Cc1ccnc(C(O)c2ccc(C)s2)c1. The van der Waals surface area contributed by atoms with Gasteiger partial charge in [-0.15, -0.1) is 11.3 Å². The molecule has 0 saturated carbocycles. The molecule has 1 N–H and O–H groups in total. The van der Waals surface area contributed by atoms with Crippen molar-refractivity contribution in [2.75, 3.05) is 0 Å². The summed E-state index contributed by atoms with van der Waals surface area (Å²) in [5, 5.41) is 10.1. The van der Waals surface area contributed by atoms with Crippen molar-refractivity contribution >= 4 is 11.3 Å². The highest BCUT2D eigenvalue weighted by molar-refractivity contribution is 7.12. The first kappa shape index (κ1) is 10.3. The van der Waals surface area contributed by atoms with Gasteiger partial charge in [0, 0.05) is 16.0 Å². The molecule has 3 heteroatoms. The minimum absolute atomic E-state index is 0.594. The van der Waals surface area contributed by atoms with Crippen LogP contribution in [0.5, 0.6) is 0 Å². The van der Waals surface area contributed by atoms with Crippen LogP contribution in [0.2, 0.25) is 0 Å². The van der Waals surface area contributed by atoms with Crippen molar-refractivity contribution < 1.29 is 5.11 Å². The number of hydrogen-bond donors (Lipinski definition) is 1. The van der Waals surface area contributed by atoms with E-state index in [2.05, 4.69) is 4.98 Å². The first-order chi connectivity index (χ1) is 7.16. The van der Waals surface area contributed by atoms with Crippen LogP contribution in [0.4, 0.5) is 0 Å². The Balaban J connectivity index is 2.32. The van der Waals surface area contributed by atoms with Gasteiger partial charge in [0.2, 0.25) is 0 Å². The maximum Gasteiger partial charge on any atom is 0.130 e. The number of thiophene rings is 1. The highest BCUT2D eigenvalue weighted by Gasteiger charge is 2.13. The van der Waals surface area contributed by atoms with E-state index in [0.717, 1.165) is 16.1 Å². The molecule has 1 unspecified atom stereocenters. The van der Waals surface area contributed by atoms with Gasteiger partial charge in [0.25, 0.3) is 0 Å². The van der Waals surface area contributed by atoms with Crippen LogP contribution in [0, 0.1) is 13.8 Å². The number of aliphatic hydroxyl groups is 1. The first-order valence-electron chi connectivity index (χ1n) is 4.84. The van der Waals surface area contributed by atoms with Gasteiger partial charge in [0.1, 0.15) is 6.10 Å². The van der Waals surface area contributed by atoms with Crippen LogP contribution in [0.1, 0.15) is 27.1 Å². The third-order valence-electron chi connectivity index (χ3n) is 2.25. The number of nitrogens with zero attached hydrogens (tertiary/aromatic N) is 1. The van der Waals surface area contributed by atoms with Gasteiger partial charge in [-0.3, -0.25) is 4.98 Å². The molecule has 1 atom stereocenters. The Morgan fingerprint density at radius 2 is 2.07 bits per heavy atom. The fraction of sp³-hybridized carbons (Fsp3) is 0.250. The zero-order chi connectivity index (χ0) is 10.8. The van der Waals surface area contributed by atoms with Crippen molar-refractivity contribution in [3.05, 3.63) is 51.5 Å². The smallest absolute Gasteiger partial charge is 0.130 e. The minimum atomic E-state index is -0.594. The predicted molar refractivity (Wildman–Crippen MR) is 62.1 cm³/mol. The van der Waals surface area contributed by atoms with Gasteiger partial charge >= 0.3 is 0 Å². The summed E-state index contributed by atoms with van der Waals surface area (Å²) < 4.78 is 0. The molecule has 2 aromatic heterocycles. The van der Waals surface area contributed by atoms with Crippen molar-refractivity contribution in [2.45, 2.75) is 20.0 Å². The summed E-state index contributed by atoms with van der Waals surface area (Å²) in [6.07, 6.45) is 1.14. The van der Waals surface area contributed by atoms with Gasteiger partial charge in [-0.05, 0) is 43.7 Å². The number of hydrogen-bond acceptors (Lipinski definition) is 3. The van der Waals surface area contributed by atoms with E-state index in [4.69, 9.17) is 0 Å². The molecule has 0 amide bonds. The third kappa shape index (κ3) is 2.25. The molecule has 2 heterocycles. The molecule has 0 aliphatic carbocycles. The summed E-state index contributed by atoms with van der Waals surface area (Å²) in [6, 6.07) is 7.81. The predicted octanol–water partition coefficient (Wildman–Crippen LogP) is 2.84. The zero-order valence-electron chi connectivity index (χ0n) is 8.77. The van der Waals surface area contributed by atoms with Crippen molar-refractivity contribution in [3.63, 3.8) is 0 Å². The second kappa shape index (κ2) is 4.13. The lowest BCUT2D eigenvalue weighted by atomic mass is 10.1. The van der Waals surface area contributed by atoms with Crippen molar-refractivity contribution in [3.8, 4) is 0 Å². The lowest BCUT2D eigenvalue weighted by Crippen LogP contribution is -2.00. The van der Waals surface area contributed by atoms with E-state index >= 15 is 0 Å². The van der Waals surface area contributed by atoms with Crippen LogP contribution in [-0.4, -0.2) is 10.1 Å². The molecule has 15 heavy (non-hydrogen) atoms. The second-order valence-electron chi connectivity index (χ2n) is 3.61. The molecule has 2 aromatic rings. The summed E-state index contributed by atoms with van der Waals surface area (Å²) >= 11 is 1.61. The fourth-order valence-corrected chi connectivity index (χ4v) is 2.33. The van der Waals surface area contributed by atoms with Gasteiger partial charge < -0.3 is 5.11 Å². The molecule has 0 spiro atoms. The second-order valence-corrected chi connectivity index (χ2v) is 4.93. The molecule has 0 fully saturated rings. The Kier molecular flexibility index (Phi) is 2.84. The monoisotopic (exact) mass is 219 g/mol. The molecule has 0 aliphatic rings. The molecule has 0 aromatic carbocycles. The van der Waals surface area contributed by atoms with Gasteiger partial charge in [-0.2, -0.15) is 0 Å². The lowest BCUT2D eigenvalue weighted by Gasteiger charge is -2.07. The molecule has 78 valence electrons. The number of aliphatic hydroxyl groups excluding tert-OH is 1. The van der Waals surface area contributed by atoms with Gasteiger partial charge in [-0.1, -0.05) is 0 Å². The van der Waals surface area contributed by atoms with E-state index in [-0.39, 0.29) is 0 Å². The Hall–Kier alpha value is -1.19. The number of aromatic nitrogens is 1. The maximum atomic E-state index is 10.1. The summed E-state index contributed by atoms with van der Waals surface area (Å²) in [6.45, 7) is 4.03. The molecule has 0 bridgehead atoms. The summed E-state index contributed by atoms with van der Waals surface area (Å²) in [5.74, 6) is 0. The summed E-state index contributed by atoms with van der Waals surface area (Å²) in [4.78, 5) is 6.34. The number of aryl methyl sites for hydroxylation is 2. The van der Waals surface area contributed by atoms with E-state index < -0.39 is 6.10 Å². The van der Waals surface area contributed by atoms with E-state index in [0.29, 0.717) is 0 Å². The molecular weight excluding hydrogens is 206 g/mol. The van der Waals surface area contributed by atoms with Crippen LogP contribution in [0.15, 0.2) is 30.5 Å². The minimum Gasteiger partial charge on any atom is -0.381 e. The van der Waals surface area contributed by atoms with Gasteiger partial charge in [0.05, 0.1) is 5.69 Å². The highest BCUT2D eigenvalue weighted by Crippen LogP contribution is 2.27. The topological polar surface area (TPSA) is 33.1 Å². The fourth-order valence-electron chi connectivity index (χ4n) is 1.46. The molecule has 2 nitrogen and oxygen atoms in total. The first-order valence-corrected chi connectivity index (χ1v) is 5.65. The van der Waals surface area contributed by atoms with Crippen molar-refractivity contribution in [2.24, 2.45) is 0 Å². The van der Waals surface area contributed by atoms with E-state index in [9.17, 15) is 5.11 Å². The molecular formula is C12H13NOS. The number of pyridine rings is 1. The normalized spacial score (nSPS) is 12.7. The standard InChI is InChI=1S/C12H13NOS/c1-8-5-6-13-10(7-8)12(14)11-4-3-9(2)15-11/h3-7,12,14H,1-2H3. The van der Waals surface area contributed by atoms with Gasteiger partial charge in [0.15, 0.2) is 0 Å².